The Morgan fingerprint density at radius 3 is 2.91 bits per heavy atom. The number of rotatable bonds is 6. The highest BCUT2D eigenvalue weighted by Crippen LogP contribution is 2.15. The number of hydrogen-bond acceptors (Lipinski definition) is 4. The first-order valence-electron chi connectivity index (χ1n) is 7.27. The van der Waals surface area contributed by atoms with Gasteiger partial charge in [-0.15, -0.1) is 11.3 Å². The first-order valence-corrected chi connectivity index (χ1v) is 8.15. The highest BCUT2D eigenvalue weighted by atomic mass is 32.1. The number of urea groups is 1. The van der Waals surface area contributed by atoms with Gasteiger partial charge in [-0.25, -0.2) is 4.79 Å². The second kappa shape index (κ2) is 7.15. The molecule has 0 radical (unpaired) electrons. The highest BCUT2D eigenvalue weighted by Gasteiger charge is 2.16. The minimum atomic E-state index is -0.129. The minimum Gasteiger partial charge on any atom is -0.467 e. The fourth-order valence-corrected chi connectivity index (χ4v) is 2.95. The van der Waals surface area contributed by atoms with Gasteiger partial charge in [0.25, 0.3) is 0 Å². The Balaban J connectivity index is 1.66. The van der Waals surface area contributed by atoms with Crippen molar-refractivity contribution in [3.05, 3.63) is 64.5 Å². The number of carbonyl (C=O) groups is 1. The van der Waals surface area contributed by atoms with Gasteiger partial charge in [-0.3, -0.25) is 4.68 Å². The van der Waals surface area contributed by atoms with E-state index >= 15 is 0 Å². The number of amides is 2. The average molecular weight is 330 g/mol. The number of aryl methyl sites for hydroxylation is 1. The summed E-state index contributed by atoms with van der Waals surface area (Å²) >= 11 is 1.63. The van der Waals surface area contributed by atoms with E-state index in [4.69, 9.17) is 4.42 Å². The number of carbonyl (C=O) groups excluding carboxylic acids is 1. The van der Waals surface area contributed by atoms with Gasteiger partial charge in [0.2, 0.25) is 0 Å². The number of nitrogens with zero attached hydrogens (tertiary/aromatic N) is 3. The Bertz CT molecular complexity index is 698. The van der Waals surface area contributed by atoms with Crippen LogP contribution in [0.25, 0.3) is 0 Å². The van der Waals surface area contributed by atoms with Crippen molar-refractivity contribution in [3.63, 3.8) is 0 Å². The fourth-order valence-electron chi connectivity index (χ4n) is 2.23. The number of nitrogens with one attached hydrogen (secondary N) is 1. The van der Waals surface area contributed by atoms with Crippen molar-refractivity contribution in [2.75, 3.05) is 0 Å². The van der Waals surface area contributed by atoms with Crippen LogP contribution in [-0.4, -0.2) is 20.7 Å². The van der Waals surface area contributed by atoms with Gasteiger partial charge in [0.1, 0.15) is 5.76 Å². The van der Waals surface area contributed by atoms with Crippen molar-refractivity contribution in [2.45, 2.75) is 19.6 Å². The van der Waals surface area contributed by atoms with E-state index in [1.165, 1.54) is 0 Å². The van der Waals surface area contributed by atoms with E-state index in [-0.39, 0.29) is 6.03 Å². The molecule has 0 aliphatic rings. The molecule has 23 heavy (non-hydrogen) atoms. The molecule has 2 amide bonds. The molecule has 3 aromatic rings. The Kier molecular flexibility index (Phi) is 4.77. The maximum Gasteiger partial charge on any atom is 0.318 e. The summed E-state index contributed by atoms with van der Waals surface area (Å²) in [7, 11) is 1.85. The molecule has 0 aromatic carbocycles. The molecule has 1 N–H and O–H groups in total. The van der Waals surface area contributed by atoms with Crippen LogP contribution in [0, 0.1) is 0 Å². The summed E-state index contributed by atoms with van der Waals surface area (Å²) in [6.45, 7) is 1.42. The molecule has 0 aliphatic carbocycles. The lowest BCUT2D eigenvalue weighted by atomic mass is 10.3. The fraction of sp³-hybridized carbons (Fsp3) is 0.250. The smallest absolute Gasteiger partial charge is 0.318 e. The van der Waals surface area contributed by atoms with Crippen LogP contribution in [0.2, 0.25) is 0 Å². The SMILES string of the molecule is Cn1nccc1CNC(=O)N(Cc1ccco1)Cc1cccs1. The average Bonchev–Trinajstić information content (AvgIpc) is 3.27. The third-order valence-electron chi connectivity index (χ3n) is 3.48. The van der Waals surface area contributed by atoms with Crippen molar-refractivity contribution in [1.29, 1.82) is 0 Å². The van der Waals surface area contributed by atoms with Gasteiger partial charge in [0, 0.05) is 18.1 Å². The largest absolute Gasteiger partial charge is 0.467 e. The molecule has 3 aromatic heterocycles. The summed E-state index contributed by atoms with van der Waals surface area (Å²) in [5.74, 6) is 0.761. The molecule has 0 spiro atoms. The van der Waals surface area contributed by atoms with E-state index < -0.39 is 0 Å². The summed E-state index contributed by atoms with van der Waals surface area (Å²) in [6, 6.07) is 9.46. The first-order chi connectivity index (χ1) is 11.2. The molecule has 0 saturated carbocycles. The van der Waals surface area contributed by atoms with Crippen molar-refractivity contribution >= 4 is 17.4 Å². The molecule has 0 saturated heterocycles. The van der Waals surface area contributed by atoms with E-state index in [1.54, 1.807) is 33.4 Å². The second-order valence-corrected chi connectivity index (χ2v) is 6.15. The maximum atomic E-state index is 12.6. The number of hydrogen-bond donors (Lipinski definition) is 1. The molecule has 7 heteroatoms. The van der Waals surface area contributed by atoms with Gasteiger partial charge in [-0.05, 0) is 29.6 Å². The quantitative estimate of drug-likeness (QED) is 0.756. The zero-order valence-corrected chi connectivity index (χ0v) is 13.6. The van der Waals surface area contributed by atoms with Crippen molar-refractivity contribution in [2.24, 2.45) is 7.05 Å². The maximum absolute atomic E-state index is 12.6. The minimum absolute atomic E-state index is 0.129. The monoisotopic (exact) mass is 330 g/mol. The lowest BCUT2D eigenvalue weighted by Gasteiger charge is -2.21. The molecular weight excluding hydrogens is 312 g/mol. The number of thiophene rings is 1. The van der Waals surface area contributed by atoms with Crippen molar-refractivity contribution in [3.8, 4) is 0 Å². The molecule has 0 unspecified atom stereocenters. The Morgan fingerprint density at radius 2 is 2.26 bits per heavy atom. The van der Waals surface area contributed by atoms with Gasteiger partial charge < -0.3 is 14.6 Å². The third-order valence-corrected chi connectivity index (χ3v) is 4.35. The summed E-state index contributed by atoms with van der Waals surface area (Å²) in [5, 5.41) is 9.05. The van der Waals surface area contributed by atoms with Crippen LogP contribution in [-0.2, 0) is 26.7 Å². The van der Waals surface area contributed by atoms with Gasteiger partial charge in [-0.1, -0.05) is 6.07 Å². The second-order valence-electron chi connectivity index (χ2n) is 5.12. The lowest BCUT2D eigenvalue weighted by molar-refractivity contribution is 0.187. The summed E-state index contributed by atoms with van der Waals surface area (Å²) in [5.41, 5.74) is 0.951. The molecule has 3 heterocycles. The number of furan rings is 1. The molecule has 0 aliphatic heterocycles. The van der Waals surface area contributed by atoms with Gasteiger partial charge in [-0.2, -0.15) is 5.10 Å². The van der Waals surface area contributed by atoms with Gasteiger partial charge in [0.15, 0.2) is 0 Å². The van der Waals surface area contributed by atoms with Crippen LogP contribution in [0.3, 0.4) is 0 Å². The molecular formula is C16H18N4O2S. The van der Waals surface area contributed by atoms with E-state index in [9.17, 15) is 4.79 Å². The highest BCUT2D eigenvalue weighted by molar-refractivity contribution is 7.09. The predicted octanol–water partition coefficient (Wildman–Crippen LogP) is 2.99. The molecule has 0 fully saturated rings. The topological polar surface area (TPSA) is 63.3 Å². The lowest BCUT2D eigenvalue weighted by Crippen LogP contribution is -2.38. The van der Waals surface area contributed by atoms with Crippen LogP contribution < -0.4 is 5.32 Å². The van der Waals surface area contributed by atoms with E-state index in [0.717, 1.165) is 16.3 Å². The van der Waals surface area contributed by atoms with Crippen LogP contribution in [0.1, 0.15) is 16.3 Å². The third kappa shape index (κ3) is 4.01. The summed E-state index contributed by atoms with van der Waals surface area (Å²) in [4.78, 5) is 15.4. The Labute approximate surface area is 138 Å². The van der Waals surface area contributed by atoms with E-state index in [2.05, 4.69) is 10.4 Å². The molecule has 120 valence electrons. The molecule has 0 bridgehead atoms. The van der Waals surface area contributed by atoms with Crippen LogP contribution in [0.15, 0.2) is 52.6 Å². The zero-order chi connectivity index (χ0) is 16.1. The Morgan fingerprint density at radius 1 is 1.35 bits per heavy atom. The van der Waals surface area contributed by atoms with Gasteiger partial charge >= 0.3 is 6.03 Å². The van der Waals surface area contributed by atoms with Crippen LogP contribution in [0.5, 0.6) is 0 Å². The standard InChI is InChI=1S/C16H18N4O2S/c1-19-13(6-7-18-19)10-17-16(21)20(11-14-4-2-8-22-14)12-15-5-3-9-23-15/h2-9H,10-12H2,1H3,(H,17,21). The van der Waals surface area contributed by atoms with Crippen LogP contribution in [0.4, 0.5) is 4.79 Å². The van der Waals surface area contributed by atoms with E-state index in [0.29, 0.717) is 19.6 Å². The molecule has 6 nitrogen and oxygen atoms in total. The predicted molar refractivity (Wildman–Crippen MR) is 87.7 cm³/mol. The Hall–Kier alpha value is -2.54. The van der Waals surface area contributed by atoms with Crippen molar-refractivity contribution in [1.82, 2.24) is 20.0 Å². The van der Waals surface area contributed by atoms with E-state index in [1.807, 2.05) is 42.8 Å². The first kappa shape index (κ1) is 15.4. The zero-order valence-electron chi connectivity index (χ0n) is 12.8. The van der Waals surface area contributed by atoms with Crippen LogP contribution >= 0.6 is 11.3 Å². The molecule has 0 atom stereocenters. The summed E-state index contributed by atoms with van der Waals surface area (Å²) < 4.78 is 7.12. The summed E-state index contributed by atoms with van der Waals surface area (Å²) in [6.07, 6.45) is 3.33. The molecule has 3 rings (SSSR count). The normalized spacial score (nSPS) is 10.7. The van der Waals surface area contributed by atoms with Crippen molar-refractivity contribution < 1.29 is 9.21 Å². The number of aromatic nitrogens is 2. The van der Waals surface area contributed by atoms with Gasteiger partial charge in [0.05, 0.1) is 31.6 Å².